The van der Waals surface area contributed by atoms with Crippen molar-refractivity contribution < 1.29 is 4.79 Å². The Morgan fingerprint density at radius 3 is 2.55 bits per heavy atom. The van der Waals surface area contributed by atoms with Crippen LogP contribution in [0, 0.1) is 12.3 Å². The third kappa shape index (κ3) is 4.20. The van der Waals surface area contributed by atoms with Crippen LogP contribution in [0.15, 0.2) is 67.1 Å². The fourth-order valence-corrected chi connectivity index (χ4v) is 3.00. The van der Waals surface area contributed by atoms with Crippen molar-refractivity contribution in [1.82, 2.24) is 15.0 Å². The van der Waals surface area contributed by atoms with Gasteiger partial charge in [0.25, 0.3) is 0 Å². The molecular weight excluding hydrogens is 362 g/mol. The molecular formula is C23H17N5O. The maximum absolute atomic E-state index is 11.5. The number of hydrogen-bond donors (Lipinski definition) is 2. The van der Waals surface area contributed by atoms with E-state index in [1.54, 1.807) is 18.6 Å². The van der Waals surface area contributed by atoms with Crippen molar-refractivity contribution in [2.24, 2.45) is 0 Å². The zero-order valence-electron chi connectivity index (χ0n) is 15.7. The Hall–Kier alpha value is -4.24. The summed E-state index contributed by atoms with van der Waals surface area (Å²) in [4.78, 5) is 24.5. The molecule has 1 amide bonds. The van der Waals surface area contributed by atoms with E-state index in [9.17, 15) is 4.79 Å². The van der Waals surface area contributed by atoms with Crippen molar-refractivity contribution in [3.63, 3.8) is 0 Å². The number of pyridine rings is 1. The van der Waals surface area contributed by atoms with E-state index in [1.807, 2.05) is 48.5 Å². The summed E-state index contributed by atoms with van der Waals surface area (Å²) in [6.07, 6.45) is 10.6. The van der Waals surface area contributed by atoms with E-state index in [0.29, 0.717) is 11.6 Å². The SMILES string of the molecule is C#Cc1ccc2nc(Nc3cc(NC(C)=O)cc(-c4ccncc4)c3)ncc2c1. The topological polar surface area (TPSA) is 79.8 Å². The largest absolute Gasteiger partial charge is 0.326 e. The molecule has 2 N–H and O–H groups in total. The number of amides is 1. The summed E-state index contributed by atoms with van der Waals surface area (Å²) in [5.41, 5.74) is 4.91. The summed E-state index contributed by atoms with van der Waals surface area (Å²) in [7, 11) is 0. The summed E-state index contributed by atoms with van der Waals surface area (Å²) in [6.45, 7) is 1.48. The molecule has 0 aliphatic carbocycles. The standard InChI is InChI=1S/C23H17N5O/c1-3-16-4-5-22-19(10-16)14-25-23(28-22)27-21-12-18(17-6-8-24-9-7-17)11-20(13-21)26-15(2)29/h1,4-14H,2H3,(H,26,29)(H,25,27,28). The quantitative estimate of drug-likeness (QED) is 0.515. The van der Waals surface area contributed by atoms with E-state index in [0.717, 1.165) is 33.3 Å². The molecule has 4 aromatic rings. The van der Waals surface area contributed by atoms with Gasteiger partial charge in [-0.25, -0.2) is 9.97 Å². The molecule has 2 heterocycles. The zero-order valence-corrected chi connectivity index (χ0v) is 15.7. The summed E-state index contributed by atoms with van der Waals surface area (Å²) < 4.78 is 0. The predicted molar refractivity (Wildman–Crippen MR) is 115 cm³/mol. The van der Waals surface area contributed by atoms with Gasteiger partial charge >= 0.3 is 0 Å². The molecule has 140 valence electrons. The highest BCUT2D eigenvalue weighted by Crippen LogP contribution is 2.28. The Bertz CT molecular complexity index is 1250. The average Bonchev–Trinajstić information content (AvgIpc) is 2.73. The summed E-state index contributed by atoms with van der Waals surface area (Å²) in [5, 5.41) is 6.92. The minimum atomic E-state index is -0.144. The monoisotopic (exact) mass is 379 g/mol. The van der Waals surface area contributed by atoms with Crippen molar-refractivity contribution in [2.75, 3.05) is 10.6 Å². The number of benzene rings is 2. The molecule has 6 heteroatoms. The van der Waals surface area contributed by atoms with Crippen LogP contribution in [-0.2, 0) is 4.79 Å². The fraction of sp³-hybridized carbons (Fsp3) is 0.0435. The Labute approximate surface area is 168 Å². The number of anilines is 3. The van der Waals surface area contributed by atoms with Gasteiger partial charge in [-0.15, -0.1) is 6.42 Å². The lowest BCUT2D eigenvalue weighted by Gasteiger charge is -2.12. The second kappa shape index (κ2) is 7.79. The molecule has 0 saturated heterocycles. The lowest BCUT2D eigenvalue weighted by molar-refractivity contribution is -0.114. The van der Waals surface area contributed by atoms with Crippen LogP contribution in [-0.4, -0.2) is 20.9 Å². The maximum atomic E-state index is 11.5. The molecule has 2 aromatic heterocycles. The van der Waals surface area contributed by atoms with Gasteiger partial charge in [0.1, 0.15) is 0 Å². The van der Waals surface area contributed by atoms with Gasteiger partial charge in [0.15, 0.2) is 0 Å². The molecule has 0 saturated carbocycles. The first-order chi connectivity index (χ1) is 14.1. The number of carbonyl (C=O) groups excluding carboxylic acids is 1. The lowest BCUT2D eigenvalue weighted by Crippen LogP contribution is -2.06. The Balaban J connectivity index is 1.71. The van der Waals surface area contributed by atoms with Crippen LogP contribution in [0.1, 0.15) is 12.5 Å². The predicted octanol–water partition coefficient (Wildman–Crippen LogP) is 4.38. The molecule has 0 radical (unpaired) electrons. The molecule has 4 rings (SSSR count). The first kappa shape index (κ1) is 18.1. The lowest BCUT2D eigenvalue weighted by atomic mass is 10.1. The van der Waals surface area contributed by atoms with Crippen LogP contribution in [0.3, 0.4) is 0 Å². The van der Waals surface area contributed by atoms with Gasteiger partial charge in [-0.2, -0.15) is 0 Å². The van der Waals surface area contributed by atoms with Crippen molar-refractivity contribution in [1.29, 1.82) is 0 Å². The van der Waals surface area contributed by atoms with Crippen LogP contribution < -0.4 is 10.6 Å². The number of nitrogens with zero attached hydrogens (tertiary/aromatic N) is 3. The van der Waals surface area contributed by atoms with Crippen molar-refractivity contribution in [3.8, 4) is 23.5 Å². The molecule has 0 aliphatic rings. The molecule has 0 aliphatic heterocycles. The van der Waals surface area contributed by atoms with Crippen molar-refractivity contribution in [3.05, 3.63) is 72.7 Å². The van der Waals surface area contributed by atoms with Gasteiger partial charge < -0.3 is 10.6 Å². The first-order valence-corrected chi connectivity index (χ1v) is 8.94. The number of carbonyl (C=O) groups is 1. The average molecular weight is 379 g/mol. The van der Waals surface area contributed by atoms with E-state index in [4.69, 9.17) is 6.42 Å². The molecule has 0 atom stereocenters. The highest BCUT2D eigenvalue weighted by Gasteiger charge is 2.07. The third-order valence-corrected chi connectivity index (χ3v) is 4.27. The molecule has 29 heavy (non-hydrogen) atoms. The highest BCUT2D eigenvalue weighted by atomic mass is 16.1. The molecule has 2 aromatic carbocycles. The number of rotatable bonds is 4. The summed E-state index contributed by atoms with van der Waals surface area (Å²) in [5.74, 6) is 2.91. The van der Waals surface area contributed by atoms with Crippen molar-refractivity contribution in [2.45, 2.75) is 6.92 Å². The number of hydrogen-bond acceptors (Lipinski definition) is 5. The van der Waals surface area contributed by atoms with Gasteiger partial charge in [-0.3, -0.25) is 9.78 Å². The minimum absolute atomic E-state index is 0.144. The van der Waals surface area contributed by atoms with E-state index in [-0.39, 0.29) is 5.91 Å². The zero-order chi connectivity index (χ0) is 20.2. The molecule has 0 spiro atoms. The van der Waals surface area contributed by atoms with E-state index >= 15 is 0 Å². The second-order valence-corrected chi connectivity index (χ2v) is 6.45. The molecule has 0 unspecified atom stereocenters. The van der Waals surface area contributed by atoms with Crippen LogP contribution in [0.4, 0.5) is 17.3 Å². The Morgan fingerprint density at radius 2 is 1.79 bits per heavy atom. The third-order valence-electron chi connectivity index (χ3n) is 4.27. The van der Waals surface area contributed by atoms with Crippen LogP contribution >= 0.6 is 0 Å². The number of fused-ring (bicyclic) bond motifs is 1. The normalized spacial score (nSPS) is 10.3. The van der Waals surface area contributed by atoms with Crippen LogP contribution in [0.25, 0.3) is 22.0 Å². The Kier molecular flexibility index (Phi) is 4.87. The highest BCUT2D eigenvalue weighted by molar-refractivity contribution is 5.91. The minimum Gasteiger partial charge on any atom is -0.326 e. The van der Waals surface area contributed by atoms with Crippen LogP contribution in [0.5, 0.6) is 0 Å². The van der Waals surface area contributed by atoms with Gasteiger partial charge in [0.05, 0.1) is 5.52 Å². The molecule has 6 nitrogen and oxygen atoms in total. The fourth-order valence-electron chi connectivity index (χ4n) is 3.00. The van der Waals surface area contributed by atoms with Gasteiger partial charge in [0, 0.05) is 47.8 Å². The van der Waals surface area contributed by atoms with E-state index < -0.39 is 0 Å². The Morgan fingerprint density at radius 1 is 1.00 bits per heavy atom. The number of aromatic nitrogens is 3. The van der Waals surface area contributed by atoms with E-state index in [1.165, 1.54) is 6.92 Å². The second-order valence-electron chi connectivity index (χ2n) is 6.45. The van der Waals surface area contributed by atoms with Gasteiger partial charge in [0.2, 0.25) is 11.9 Å². The van der Waals surface area contributed by atoms with E-state index in [2.05, 4.69) is 31.5 Å². The first-order valence-electron chi connectivity index (χ1n) is 8.94. The number of terminal acetylenes is 1. The van der Waals surface area contributed by atoms with Crippen molar-refractivity contribution >= 4 is 34.1 Å². The number of nitrogens with one attached hydrogen (secondary N) is 2. The van der Waals surface area contributed by atoms with Gasteiger partial charge in [-0.1, -0.05) is 5.92 Å². The molecule has 0 bridgehead atoms. The molecule has 0 fully saturated rings. The maximum Gasteiger partial charge on any atom is 0.227 e. The summed E-state index contributed by atoms with van der Waals surface area (Å²) >= 11 is 0. The van der Waals surface area contributed by atoms with Crippen LogP contribution in [0.2, 0.25) is 0 Å². The smallest absolute Gasteiger partial charge is 0.227 e. The van der Waals surface area contributed by atoms with Gasteiger partial charge in [-0.05, 0) is 59.7 Å². The summed E-state index contributed by atoms with van der Waals surface area (Å²) in [6, 6.07) is 15.1.